The van der Waals surface area contributed by atoms with Crippen LogP contribution in [-0.4, -0.2) is 30.1 Å². The van der Waals surface area contributed by atoms with Crippen LogP contribution in [0.5, 0.6) is 5.75 Å². The first-order chi connectivity index (χ1) is 10.8. The highest BCUT2D eigenvalue weighted by Crippen LogP contribution is 2.27. The maximum atomic E-state index is 11.9. The van der Waals surface area contributed by atoms with Crippen LogP contribution in [-0.2, 0) is 9.59 Å². The number of carboxylic acid groups (broad SMARTS) is 1. The van der Waals surface area contributed by atoms with E-state index in [2.05, 4.69) is 19.2 Å². The monoisotopic (exact) mass is 321 g/mol. The smallest absolute Gasteiger partial charge is 0.308 e. The summed E-state index contributed by atoms with van der Waals surface area (Å²) in [5.41, 5.74) is 2.12. The molecule has 1 unspecified atom stereocenters. The number of nitrogens with one attached hydrogen (secondary N) is 1. The van der Waals surface area contributed by atoms with Gasteiger partial charge >= 0.3 is 5.97 Å². The molecule has 5 heteroatoms. The largest absolute Gasteiger partial charge is 0.483 e. The van der Waals surface area contributed by atoms with E-state index in [0.717, 1.165) is 17.5 Å². The van der Waals surface area contributed by atoms with E-state index < -0.39 is 11.9 Å². The summed E-state index contributed by atoms with van der Waals surface area (Å²) in [5, 5.41) is 11.7. The van der Waals surface area contributed by atoms with E-state index in [1.165, 1.54) is 0 Å². The van der Waals surface area contributed by atoms with Gasteiger partial charge in [0.15, 0.2) is 6.61 Å². The van der Waals surface area contributed by atoms with E-state index in [4.69, 9.17) is 9.84 Å². The Morgan fingerprint density at radius 3 is 2.57 bits per heavy atom. The van der Waals surface area contributed by atoms with E-state index >= 15 is 0 Å². The molecule has 0 bridgehead atoms. The Kier molecular flexibility index (Phi) is 7.59. The van der Waals surface area contributed by atoms with Crippen LogP contribution in [0.3, 0.4) is 0 Å². The number of carbonyl (C=O) groups excluding carboxylic acids is 1. The predicted octanol–water partition coefficient (Wildman–Crippen LogP) is 3.11. The lowest BCUT2D eigenvalue weighted by atomic mass is 10.0. The van der Waals surface area contributed by atoms with Crippen LogP contribution in [0.1, 0.15) is 50.7 Å². The number of hydrogen-bond donors (Lipinski definition) is 2. The van der Waals surface area contributed by atoms with E-state index in [-0.39, 0.29) is 19.1 Å². The summed E-state index contributed by atoms with van der Waals surface area (Å²) >= 11 is 0. The maximum absolute atomic E-state index is 11.9. The van der Waals surface area contributed by atoms with Gasteiger partial charge in [-0.2, -0.15) is 0 Å². The second-order valence-electron chi connectivity index (χ2n) is 6.11. The van der Waals surface area contributed by atoms with Gasteiger partial charge in [0.1, 0.15) is 5.75 Å². The van der Waals surface area contributed by atoms with E-state index in [1.54, 1.807) is 0 Å². The second kappa shape index (κ2) is 9.18. The Labute approximate surface area is 138 Å². The SMILES string of the molecule is CCCC(CNC(=O)COc1cc(C)ccc1C(C)C)C(=O)O. The molecule has 0 aliphatic heterocycles. The van der Waals surface area contributed by atoms with E-state index in [1.807, 2.05) is 32.0 Å². The molecule has 1 rings (SSSR count). The molecule has 0 heterocycles. The number of carboxylic acids is 1. The Hall–Kier alpha value is -2.04. The number of benzene rings is 1. The lowest BCUT2D eigenvalue weighted by molar-refractivity contribution is -0.142. The Bertz CT molecular complexity index is 540. The third-order valence-corrected chi connectivity index (χ3v) is 3.68. The Morgan fingerprint density at radius 1 is 1.30 bits per heavy atom. The summed E-state index contributed by atoms with van der Waals surface area (Å²) in [4.78, 5) is 22.9. The van der Waals surface area contributed by atoms with Crippen molar-refractivity contribution in [3.8, 4) is 5.75 Å². The van der Waals surface area contributed by atoms with Crippen molar-refractivity contribution in [3.05, 3.63) is 29.3 Å². The number of rotatable bonds is 9. The van der Waals surface area contributed by atoms with Crippen molar-refractivity contribution < 1.29 is 19.4 Å². The zero-order valence-corrected chi connectivity index (χ0v) is 14.4. The standard InChI is InChI=1S/C18H27NO4/c1-5-6-14(18(21)22)10-19-17(20)11-23-16-9-13(4)7-8-15(16)12(2)3/h7-9,12,14H,5-6,10-11H2,1-4H3,(H,19,20)(H,21,22). The maximum Gasteiger partial charge on any atom is 0.308 e. The van der Waals surface area contributed by atoms with Crippen molar-refractivity contribution in [2.24, 2.45) is 5.92 Å². The molecule has 128 valence electrons. The van der Waals surface area contributed by atoms with Crippen LogP contribution >= 0.6 is 0 Å². The van der Waals surface area contributed by atoms with Gasteiger partial charge < -0.3 is 15.2 Å². The summed E-state index contributed by atoms with van der Waals surface area (Å²) in [7, 11) is 0. The van der Waals surface area contributed by atoms with Crippen molar-refractivity contribution in [2.45, 2.75) is 46.5 Å². The molecule has 0 saturated heterocycles. The van der Waals surface area contributed by atoms with Crippen LogP contribution < -0.4 is 10.1 Å². The van der Waals surface area contributed by atoms with Crippen LogP contribution in [0.2, 0.25) is 0 Å². The van der Waals surface area contributed by atoms with Crippen molar-refractivity contribution in [1.82, 2.24) is 5.32 Å². The van der Waals surface area contributed by atoms with Gasteiger partial charge in [-0.3, -0.25) is 9.59 Å². The fraction of sp³-hybridized carbons (Fsp3) is 0.556. The first kappa shape index (κ1) is 19.0. The van der Waals surface area contributed by atoms with Crippen LogP contribution in [0.15, 0.2) is 18.2 Å². The third-order valence-electron chi connectivity index (χ3n) is 3.68. The van der Waals surface area contributed by atoms with Crippen LogP contribution in [0.4, 0.5) is 0 Å². The van der Waals surface area contributed by atoms with Gasteiger partial charge in [0.05, 0.1) is 5.92 Å². The normalized spacial score (nSPS) is 12.0. The molecular formula is C18H27NO4. The molecule has 0 radical (unpaired) electrons. The average Bonchev–Trinajstić information content (AvgIpc) is 2.48. The molecule has 1 aromatic rings. The Morgan fingerprint density at radius 2 is 2.00 bits per heavy atom. The average molecular weight is 321 g/mol. The molecule has 1 atom stereocenters. The number of aryl methyl sites for hydroxylation is 1. The molecule has 1 aromatic carbocycles. The molecule has 0 aromatic heterocycles. The van der Waals surface area contributed by atoms with Crippen LogP contribution in [0, 0.1) is 12.8 Å². The molecule has 0 saturated carbocycles. The third kappa shape index (κ3) is 6.30. The van der Waals surface area contributed by atoms with Gasteiger partial charge in [-0.1, -0.05) is 39.3 Å². The fourth-order valence-corrected chi connectivity index (χ4v) is 2.34. The summed E-state index contributed by atoms with van der Waals surface area (Å²) < 4.78 is 5.63. The van der Waals surface area contributed by atoms with Crippen molar-refractivity contribution in [2.75, 3.05) is 13.2 Å². The molecule has 1 amide bonds. The van der Waals surface area contributed by atoms with Gasteiger partial charge in [0.2, 0.25) is 0 Å². The summed E-state index contributed by atoms with van der Waals surface area (Å²) in [6.07, 6.45) is 1.32. The van der Waals surface area contributed by atoms with Gasteiger partial charge in [0.25, 0.3) is 5.91 Å². The molecule has 23 heavy (non-hydrogen) atoms. The predicted molar refractivity (Wildman–Crippen MR) is 89.8 cm³/mol. The number of hydrogen-bond acceptors (Lipinski definition) is 3. The number of amides is 1. The molecule has 0 aliphatic rings. The minimum atomic E-state index is -0.881. The highest BCUT2D eigenvalue weighted by molar-refractivity contribution is 5.78. The zero-order valence-electron chi connectivity index (χ0n) is 14.4. The van der Waals surface area contributed by atoms with Gasteiger partial charge in [0, 0.05) is 6.54 Å². The van der Waals surface area contributed by atoms with Crippen molar-refractivity contribution in [1.29, 1.82) is 0 Å². The number of ether oxygens (including phenoxy) is 1. The molecule has 5 nitrogen and oxygen atoms in total. The lowest BCUT2D eigenvalue weighted by Crippen LogP contribution is -2.35. The topological polar surface area (TPSA) is 75.6 Å². The first-order valence-corrected chi connectivity index (χ1v) is 8.08. The fourth-order valence-electron chi connectivity index (χ4n) is 2.34. The molecule has 0 spiro atoms. The van der Waals surface area contributed by atoms with Crippen LogP contribution in [0.25, 0.3) is 0 Å². The summed E-state index contributed by atoms with van der Waals surface area (Å²) in [6.45, 7) is 8.06. The number of aliphatic carboxylic acids is 1. The van der Waals surface area contributed by atoms with E-state index in [9.17, 15) is 9.59 Å². The summed E-state index contributed by atoms with van der Waals surface area (Å²) in [6, 6.07) is 5.94. The van der Waals surface area contributed by atoms with Crippen molar-refractivity contribution in [3.63, 3.8) is 0 Å². The summed E-state index contributed by atoms with van der Waals surface area (Å²) in [5.74, 6) is -0.723. The molecule has 0 aliphatic carbocycles. The van der Waals surface area contributed by atoms with Gasteiger partial charge in [-0.05, 0) is 36.5 Å². The minimum absolute atomic E-state index is 0.109. The minimum Gasteiger partial charge on any atom is -0.483 e. The first-order valence-electron chi connectivity index (χ1n) is 8.08. The molecule has 0 fully saturated rings. The zero-order chi connectivity index (χ0) is 17.4. The highest BCUT2D eigenvalue weighted by Gasteiger charge is 2.17. The van der Waals surface area contributed by atoms with Crippen molar-refractivity contribution >= 4 is 11.9 Å². The highest BCUT2D eigenvalue weighted by atomic mass is 16.5. The molecule has 2 N–H and O–H groups in total. The number of carbonyl (C=O) groups is 2. The quantitative estimate of drug-likeness (QED) is 0.733. The second-order valence-corrected chi connectivity index (χ2v) is 6.11. The van der Waals surface area contributed by atoms with Gasteiger partial charge in [-0.25, -0.2) is 0 Å². The Balaban J connectivity index is 2.56. The molecular weight excluding hydrogens is 294 g/mol. The lowest BCUT2D eigenvalue weighted by Gasteiger charge is -2.16. The van der Waals surface area contributed by atoms with Gasteiger partial charge in [-0.15, -0.1) is 0 Å². The van der Waals surface area contributed by atoms with E-state index in [0.29, 0.717) is 18.1 Å².